The predicted octanol–water partition coefficient (Wildman–Crippen LogP) is 2.61. The van der Waals surface area contributed by atoms with Crippen LogP contribution >= 0.6 is 15.9 Å². The molecule has 4 heteroatoms. The number of phenolic OH excluding ortho intramolecular Hbond substituents is 1. The minimum absolute atomic E-state index is 0.0255. The molecule has 1 atom stereocenters. The van der Waals surface area contributed by atoms with Crippen LogP contribution in [0.5, 0.6) is 11.5 Å². The fourth-order valence-electron chi connectivity index (χ4n) is 1.20. The van der Waals surface area contributed by atoms with Crippen LogP contribution in [0.1, 0.15) is 25.0 Å². The molecule has 1 aromatic carbocycles. The lowest BCUT2D eigenvalue weighted by atomic mass is 10.1. The molecule has 0 saturated heterocycles. The SMILES string of the molecule is CCC(O)c1ccc(OC)c(O)c1Br. The highest BCUT2D eigenvalue weighted by molar-refractivity contribution is 9.10. The van der Waals surface area contributed by atoms with Crippen molar-refractivity contribution in [3.8, 4) is 11.5 Å². The standard InChI is InChI=1S/C10H13BrO3/c1-3-7(12)6-4-5-8(14-2)10(13)9(6)11/h4-5,7,12-13H,3H2,1-2H3. The lowest BCUT2D eigenvalue weighted by Gasteiger charge is -2.13. The number of methoxy groups -OCH3 is 1. The fraction of sp³-hybridized carbons (Fsp3) is 0.400. The second-order valence-electron chi connectivity index (χ2n) is 2.94. The van der Waals surface area contributed by atoms with Crippen molar-refractivity contribution in [3.63, 3.8) is 0 Å². The highest BCUT2D eigenvalue weighted by atomic mass is 79.9. The molecule has 78 valence electrons. The van der Waals surface area contributed by atoms with E-state index in [-0.39, 0.29) is 5.75 Å². The Morgan fingerprint density at radius 2 is 2.14 bits per heavy atom. The first kappa shape index (κ1) is 11.3. The van der Waals surface area contributed by atoms with Crippen LogP contribution < -0.4 is 4.74 Å². The average molecular weight is 261 g/mol. The first-order chi connectivity index (χ1) is 6.61. The smallest absolute Gasteiger partial charge is 0.172 e. The van der Waals surface area contributed by atoms with Gasteiger partial charge in [0.25, 0.3) is 0 Å². The average Bonchev–Trinajstić information content (AvgIpc) is 2.21. The Hall–Kier alpha value is -0.740. The van der Waals surface area contributed by atoms with Gasteiger partial charge in [0.15, 0.2) is 11.5 Å². The lowest BCUT2D eigenvalue weighted by molar-refractivity contribution is 0.172. The number of benzene rings is 1. The first-order valence-corrected chi connectivity index (χ1v) is 5.14. The highest BCUT2D eigenvalue weighted by Gasteiger charge is 2.15. The van der Waals surface area contributed by atoms with Gasteiger partial charge in [-0.25, -0.2) is 0 Å². The van der Waals surface area contributed by atoms with Crippen LogP contribution in [0.4, 0.5) is 0 Å². The molecule has 0 fully saturated rings. The maximum absolute atomic E-state index is 9.64. The Labute approximate surface area is 91.5 Å². The molecule has 0 saturated carbocycles. The van der Waals surface area contributed by atoms with Crippen molar-refractivity contribution in [1.29, 1.82) is 0 Å². The van der Waals surface area contributed by atoms with Crippen molar-refractivity contribution in [2.45, 2.75) is 19.4 Å². The number of hydrogen-bond acceptors (Lipinski definition) is 3. The van der Waals surface area contributed by atoms with E-state index in [4.69, 9.17) is 4.74 Å². The molecule has 0 aromatic heterocycles. The second kappa shape index (κ2) is 4.66. The van der Waals surface area contributed by atoms with Crippen molar-refractivity contribution in [1.82, 2.24) is 0 Å². The van der Waals surface area contributed by atoms with Crippen LogP contribution in [-0.2, 0) is 0 Å². The topological polar surface area (TPSA) is 49.7 Å². The highest BCUT2D eigenvalue weighted by Crippen LogP contribution is 2.39. The van der Waals surface area contributed by atoms with E-state index in [9.17, 15) is 10.2 Å². The van der Waals surface area contributed by atoms with Gasteiger partial charge in [-0.2, -0.15) is 0 Å². The van der Waals surface area contributed by atoms with E-state index in [1.807, 2.05) is 6.92 Å². The second-order valence-corrected chi connectivity index (χ2v) is 3.74. The van der Waals surface area contributed by atoms with E-state index in [0.717, 1.165) is 0 Å². The zero-order valence-electron chi connectivity index (χ0n) is 8.12. The van der Waals surface area contributed by atoms with E-state index in [1.54, 1.807) is 12.1 Å². The molecule has 2 N–H and O–H groups in total. The number of phenols is 1. The molecule has 0 amide bonds. The van der Waals surface area contributed by atoms with Crippen LogP contribution in [-0.4, -0.2) is 17.3 Å². The molecule has 14 heavy (non-hydrogen) atoms. The summed E-state index contributed by atoms with van der Waals surface area (Å²) in [6, 6.07) is 3.37. The van der Waals surface area contributed by atoms with Gasteiger partial charge in [-0.1, -0.05) is 13.0 Å². The van der Waals surface area contributed by atoms with Gasteiger partial charge in [0.1, 0.15) is 0 Å². The van der Waals surface area contributed by atoms with E-state index in [1.165, 1.54) is 7.11 Å². The molecule has 1 rings (SSSR count). The van der Waals surface area contributed by atoms with Gasteiger partial charge in [0, 0.05) is 0 Å². The molecule has 0 aliphatic heterocycles. The van der Waals surface area contributed by atoms with Gasteiger partial charge in [-0.05, 0) is 34.0 Å². The Balaban J connectivity index is 3.17. The summed E-state index contributed by atoms with van der Waals surface area (Å²) >= 11 is 3.22. The number of rotatable bonds is 3. The van der Waals surface area contributed by atoms with E-state index < -0.39 is 6.10 Å². The first-order valence-electron chi connectivity index (χ1n) is 4.35. The molecule has 0 spiro atoms. The third-order valence-electron chi connectivity index (χ3n) is 2.07. The van der Waals surface area contributed by atoms with Crippen LogP contribution in [0.2, 0.25) is 0 Å². The Bertz CT molecular complexity index is 325. The summed E-state index contributed by atoms with van der Waals surface area (Å²) in [5, 5.41) is 19.3. The number of aromatic hydroxyl groups is 1. The summed E-state index contributed by atoms with van der Waals surface area (Å²) in [4.78, 5) is 0. The summed E-state index contributed by atoms with van der Waals surface area (Å²) < 4.78 is 5.42. The third-order valence-corrected chi connectivity index (χ3v) is 2.91. The van der Waals surface area contributed by atoms with Gasteiger partial charge in [0.05, 0.1) is 17.7 Å². The molecule has 0 aliphatic rings. The molecular weight excluding hydrogens is 248 g/mol. The lowest BCUT2D eigenvalue weighted by Crippen LogP contribution is -1.97. The summed E-state index contributed by atoms with van der Waals surface area (Å²) in [6.45, 7) is 1.87. The molecule has 1 unspecified atom stereocenters. The van der Waals surface area contributed by atoms with Crippen molar-refractivity contribution in [3.05, 3.63) is 22.2 Å². The van der Waals surface area contributed by atoms with Gasteiger partial charge in [0.2, 0.25) is 0 Å². The Kier molecular flexibility index (Phi) is 3.77. The third kappa shape index (κ3) is 2.01. The largest absolute Gasteiger partial charge is 0.503 e. The zero-order chi connectivity index (χ0) is 10.7. The number of aliphatic hydroxyl groups is 1. The van der Waals surface area contributed by atoms with E-state index >= 15 is 0 Å². The summed E-state index contributed by atoms with van der Waals surface area (Å²) in [5.74, 6) is 0.418. The molecule has 0 heterocycles. The van der Waals surface area contributed by atoms with Crippen LogP contribution in [0, 0.1) is 0 Å². The van der Waals surface area contributed by atoms with Gasteiger partial charge in [-0.3, -0.25) is 0 Å². The summed E-state index contributed by atoms with van der Waals surface area (Å²) in [6.07, 6.45) is 0.0332. The molecule has 0 aliphatic carbocycles. The number of aliphatic hydroxyl groups excluding tert-OH is 1. The molecule has 0 radical (unpaired) electrons. The van der Waals surface area contributed by atoms with Crippen LogP contribution in [0.15, 0.2) is 16.6 Å². The van der Waals surface area contributed by atoms with Crippen LogP contribution in [0.25, 0.3) is 0 Å². The van der Waals surface area contributed by atoms with Gasteiger partial charge in [-0.15, -0.1) is 0 Å². The number of halogens is 1. The minimum Gasteiger partial charge on any atom is -0.503 e. The fourth-order valence-corrected chi connectivity index (χ4v) is 1.80. The van der Waals surface area contributed by atoms with E-state index in [2.05, 4.69) is 15.9 Å². The van der Waals surface area contributed by atoms with Gasteiger partial charge >= 0.3 is 0 Å². The van der Waals surface area contributed by atoms with Crippen molar-refractivity contribution >= 4 is 15.9 Å². The van der Waals surface area contributed by atoms with Crippen molar-refractivity contribution < 1.29 is 14.9 Å². The van der Waals surface area contributed by atoms with Crippen LogP contribution in [0.3, 0.4) is 0 Å². The maximum atomic E-state index is 9.64. The van der Waals surface area contributed by atoms with Crippen molar-refractivity contribution in [2.75, 3.05) is 7.11 Å². The monoisotopic (exact) mass is 260 g/mol. The summed E-state index contributed by atoms with van der Waals surface area (Å²) in [5.41, 5.74) is 0.672. The number of ether oxygens (including phenoxy) is 1. The normalized spacial score (nSPS) is 12.6. The predicted molar refractivity (Wildman–Crippen MR) is 57.6 cm³/mol. The minimum atomic E-state index is -0.568. The summed E-state index contributed by atoms with van der Waals surface area (Å²) in [7, 11) is 1.48. The maximum Gasteiger partial charge on any atom is 0.172 e. The molecule has 0 bridgehead atoms. The van der Waals surface area contributed by atoms with Gasteiger partial charge < -0.3 is 14.9 Å². The van der Waals surface area contributed by atoms with E-state index in [0.29, 0.717) is 22.2 Å². The Morgan fingerprint density at radius 3 is 2.64 bits per heavy atom. The molecular formula is C10H13BrO3. The van der Waals surface area contributed by atoms with Crippen molar-refractivity contribution in [2.24, 2.45) is 0 Å². The molecule has 1 aromatic rings. The Morgan fingerprint density at radius 1 is 1.50 bits per heavy atom. The quantitative estimate of drug-likeness (QED) is 0.879. The molecule has 3 nitrogen and oxygen atoms in total. The zero-order valence-corrected chi connectivity index (χ0v) is 9.71. The number of hydrogen-bond donors (Lipinski definition) is 2.